The Morgan fingerprint density at radius 1 is 1.08 bits per heavy atom. The molecule has 0 spiro atoms. The quantitative estimate of drug-likeness (QED) is 0.420. The highest BCUT2D eigenvalue weighted by Gasteiger charge is 2.40. The Balaban J connectivity index is 1.44. The van der Waals surface area contributed by atoms with Gasteiger partial charge in [-0.05, 0) is 44.1 Å². The lowest BCUT2D eigenvalue weighted by atomic mass is 9.83. The van der Waals surface area contributed by atoms with Crippen LogP contribution in [0, 0.1) is 11.8 Å². The third kappa shape index (κ3) is 5.03. The van der Waals surface area contributed by atoms with Gasteiger partial charge >= 0.3 is 0 Å². The third-order valence-electron chi connectivity index (χ3n) is 7.94. The summed E-state index contributed by atoms with van der Waals surface area (Å²) < 4.78 is 1.09. The van der Waals surface area contributed by atoms with E-state index in [0.717, 1.165) is 71.4 Å². The van der Waals surface area contributed by atoms with Crippen molar-refractivity contribution in [1.29, 1.82) is 0 Å². The van der Waals surface area contributed by atoms with Gasteiger partial charge in [0.25, 0.3) is 0 Å². The van der Waals surface area contributed by atoms with Gasteiger partial charge in [0.2, 0.25) is 11.8 Å². The standard InChI is InChI=1S/C29H36N4O2S/c1-3-19(2)27(34)31-25(21-13-8-5-9-14-21)29(35)33-18-10-15-22(33)28-32-26-23(36-28)16-17-30-24(26)20-11-6-4-7-12-20/h4,6-7,11-12,16-17,19,21-22,25H,3,5,8-10,13-15,18H2,1-2H3,(H,31,34)/t19-,22+,25+/m1/s1. The minimum absolute atomic E-state index is 0.00395. The molecule has 3 heterocycles. The minimum atomic E-state index is -0.441. The highest BCUT2D eigenvalue weighted by Crippen LogP contribution is 2.39. The number of thiazole rings is 1. The SMILES string of the molecule is CC[C@@H](C)C(=O)N[C@H](C(=O)N1CCC[C@H]1c1nc2c(-c3ccccc3)nccc2s1)C1CCCCC1. The molecule has 190 valence electrons. The van der Waals surface area contributed by atoms with Crippen LogP contribution in [0.1, 0.15) is 76.3 Å². The number of pyridine rings is 1. The number of carbonyl (C=O) groups is 2. The smallest absolute Gasteiger partial charge is 0.246 e. The molecule has 36 heavy (non-hydrogen) atoms. The second kappa shape index (κ2) is 11.1. The summed E-state index contributed by atoms with van der Waals surface area (Å²) in [5.74, 6) is 0.189. The van der Waals surface area contributed by atoms with Crippen LogP contribution in [-0.4, -0.2) is 39.3 Å². The van der Waals surface area contributed by atoms with E-state index in [-0.39, 0.29) is 29.7 Å². The number of fused-ring (bicyclic) bond motifs is 1. The molecule has 3 atom stereocenters. The first-order chi connectivity index (χ1) is 17.6. The number of benzene rings is 1. The van der Waals surface area contributed by atoms with Crippen molar-refractivity contribution in [2.75, 3.05) is 6.54 Å². The number of likely N-dealkylation sites (tertiary alicyclic amines) is 1. The van der Waals surface area contributed by atoms with Crippen LogP contribution < -0.4 is 5.32 Å². The summed E-state index contributed by atoms with van der Waals surface area (Å²) in [5, 5.41) is 4.16. The Bertz CT molecular complexity index is 1200. The van der Waals surface area contributed by atoms with E-state index >= 15 is 0 Å². The molecular weight excluding hydrogens is 468 g/mol. The Kier molecular flexibility index (Phi) is 7.65. The lowest BCUT2D eigenvalue weighted by molar-refractivity contribution is -0.140. The van der Waals surface area contributed by atoms with Crippen molar-refractivity contribution in [3.63, 3.8) is 0 Å². The normalized spacial score (nSPS) is 20.4. The summed E-state index contributed by atoms with van der Waals surface area (Å²) in [7, 11) is 0. The fourth-order valence-electron chi connectivity index (χ4n) is 5.62. The van der Waals surface area contributed by atoms with Gasteiger partial charge in [-0.1, -0.05) is 63.4 Å². The molecule has 0 unspecified atom stereocenters. The average Bonchev–Trinajstić information content (AvgIpc) is 3.59. The van der Waals surface area contributed by atoms with E-state index < -0.39 is 6.04 Å². The van der Waals surface area contributed by atoms with Crippen molar-refractivity contribution in [2.45, 2.75) is 77.3 Å². The molecule has 0 bridgehead atoms. The summed E-state index contributed by atoms with van der Waals surface area (Å²) in [6.45, 7) is 4.67. The summed E-state index contributed by atoms with van der Waals surface area (Å²) in [6, 6.07) is 11.7. The number of rotatable bonds is 7. The van der Waals surface area contributed by atoms with Crippen LogP contribution in [0.5, 0.6) is 0 Å². The topological polar surface area (TPSA) is 75.2 Å². The van der Waals surface area contributed by atoms with Gasteiger partial charge in [0.05, 0.1) is 16.4 Å². The van der Waals surface area contributed by atoms with Gasteiger partial charge in [0.1, 0.15) is 16.6 Å². The van der Waals surface area contributed by atoms with Crippen LogP contribution in [0.25, 0.3) is 21.5 Å². The molecule has 3 aromatic rings. The Morgan fingerprint density at radius 2 is 1.86 bits per heavy atom. The number of hydrogen-bond donors (Lipinski definition) is 1. The second-order valence-electron chi connectivity index (χ2n) is 10.3. The number of hydrogen-bond acceptors (Lipinski definition) is 5. The molecule has 2 aliphatic rings. The van der Waals surface area contributed by atoms with E-state index in [1.165, 1.54) is 6.42 Å². The lowest BCUT2D eigenvalue weighted by Crippen LogP contribution is -2.53. The van der Waals surface area contributed by atoms with Crippen LogP contribution in [-0.2, 0) is 9.59 Å². The second-order valence-corrected chi connectivity index (χ2v) is 11.4. The van der Waals surface area contributed by atoms with Crippen molar-refractivity contribution >= 4 is 33.4 Å². The van der Waals surface area contributed by atoms with Crippen molar-refractivity contribution in [3.05, 3.63) is 47.6 Å². The molecule has 1 saturated carbocycles. The number of nitrogens with one attached hydrogen (secondary N) is 1. The number of carbonyl (C=O) groups excluding carboxylic acids is 2. The van der Waals surface area contributed by atoms with E-state index in [9.17, 15) is 9.59 Å². The Hall–Kier alpha value is -2.80. The number of amides is 2. The maximum absolute atomic E-state index is 14.1. The zero-order chi connectivity index (χ0) is 25.1. The molecule has 6 nitrogen and oxygen atoms in total. The molecule has 7 heteroatoms. The van der Waals surface area contributed by atoms with Gasteiger partial charge in [-0.3, -0.25) is 14.6 Å². The first-order valence-electron chi connectivity index (χ1n) is 13.5. The summed E-state index contributed by atoms with van der Waals surface area (Å²) in [4.78, 5) is 38.6. The summed E-state index contributed by atoms with van der Waals surface area (Å²) in [5.41, 5.74) is 2.83. The van der Waals surface area contributed by atoms with Gasteiger partial charge < -0.3 is 10.2 Å². The molecule has 1 aliphatic carbocycles. The van der Waals surface area contributed by atoms with Crippen molar-refractivity contribution < 1.29 is 9.59 Å². The van der Waals surface area contributed by atoms with E-state index in [0.29, 0.717) is 6.54 Å². The molecule has 2 amide bonds. The lowest BCUT2D eigenvalue weighted by Gasteiger charge is -2.35. The van der Waals surface area contributed by atoms with Crippen molar-refractivity contribution in [1.82, 2.24) is 20.2 Å². The van der Waals surface area contributed by atoms with Gasteiger partial charge in [-0.25, -0.2) is 4.98 Å². The van der Waals surface area contributed by atoms with Gasteiger partial charge in [-0.15, -0.1) is 11.3 Å². The third-order valence-corrected chi connectivity index (χ3v) is 9.06. The largest absolute Gasteiger partial charge is 0.344 e. The monoisotopic (exact) mass is 504 g/mol. The van der Waals surface area contributed by atoms with Gasteiger partial charge in [0.15, 0.2) is 0 Å². The zero-order valence-electron chi connectivity index (χ0n) is 21.3. The molecular formula is C29H36N4O2S. The maximum Gasteiger partial charge on any atom is 0.246 e. The maximum atomic E-state index is 14.1. The average molecular weight is 505 g/mol. The van der Waals surface area contributed by atoms with Gasteiger partial charge in [0, 0.05) is 24.2 Å². The first-order valence-corrected chi connectivity index (χ1v) is 14.3. The first kappa shape index (κ1) is 24.9. The van der Waals surface area contributed by atoms with Crippen molar-refractivity contribution in [3.8, 4) is 11.3 Å². The summed E-state index contributed by atoms with van der Waals surface area (Å²) in [6.07, 6.45) is 9.94. The number of nitrogens with zero attached hydrogens (tertiary/aromatic N) is 3. The molecule has 1 N–H and O–H groups in total. The highest BCUT2D eigenvalue weighted by atomic mass is 32.1. The molecule has 1 saturated heterocycles. The fourth-order valence-corrected chi connectivity index (χ4v) is 6.73. The Labute approximate surface area is 217 Å². The van der Waals surface area contributed by atoms with Crippen LogP contribution in [0.2, 0.25) is 0 Å². The van der Waals surface area contributed by atoms with Gasteiger partial charge in [-0.2, -0.15) is 0 Å². The Morgan fingerprint density at radius 3 is 2.61 bits per heavy atom. The van der Waals surface area contributed by atoms with E-state index in [1.807, 2.05) is 49.2 Å². The van der Waals surface area contributed by atoms with E-state index in [1.54, 1.807) is 11.3 Å². The van der Waals surface area contributed by atoms with Crippen LogP contribution in [0.3, 0.4) is 0 Å². The highest BCUT2D eigenvalue weighted by molar-refractivity contribution is 7.18. The molecule has 5 rings (SSSR count). The van der Waals surface area contributed by atoms with E-state index in [4.69, 9.17) is 4.98 Å². The molecule has 1 aromatic carbocycles. The van der Waals surface area contributed by atoms with Crippen LogP contribution >= 0.6 is 11.3 Å². The number of aromatic nitrogens is 2. The minimum Gasteiger partial charge on any atom is -0.344 e. The zero-order valence-corrected chi connectivity index (χ0v) is 22.1. The van der Waals surface area contributed by atoms with E-state index in [2.05, 4.69) is 22.4 Å². The molecule has 1 aliphatic heterocycles. The van der Waals surface area contributed by atoms with Crippen molar-refractivity contribution in [2.24, 2.45) is 11.8 Å². The fraction of sp³-hybridized carbons (Fsp3) is 0.517. The predicted molar refractivity (Wildman–Crippen MR) is 144 cm³/mol. The van der Waals surface area contributed by atoms with Crippen LogP contribution in [0.4, 0.5) is 0 Å². The molecule has 2 aromatic heterocycles. The molecule has 2 fully saturated rings. The molecule has 0 radical (unpaired) electrons. The van der Waals surface area contributed by atoms with Crippen LogP contribution in [0.15, 0.2) is 42.6 Å². The summed E-state index contributed by atoms with van der Waals surface area (Å²) >= 11 is 1.66. The predicted octanol–water partition coefficient (Wildman–Crippen LogP) is 6.13.